The highest BCUT2D eigenvalue weighted by molar-refractivity contribution is 7.16. The van der Waals surface area contributed by atoms with Gasteiger partial charge in [0.25, 0.3) is 0 Å². The van der Waals surface area contributed by atoms with E-state index in [9.17, 15) is 9.59 Å². The smallest absolute Gasteiger partial charge is 0.350 e. The summed E-state index contributed by atoms with van der Waals surface area (Å²) in [5.41, 5.74) is 1.40. The lowest BCUT2D eigenvalue weighted by Gasteiger charge is -2.12. The van der Waals surface area contributed by atoms with Gasteiger partial charge in [0, 0.05) is 11.1 Å². The second-order valence-electron chi connectivity index (χ2n) is 5.17. The molecule has 0 bridgehead atoms. The number of fused-ring (bicyclic) bond motifs is 1. The van der Waals surface area contributed by atoms with Crippen molar-refractivity contribution in [1.82, 2.24) is 0 Å². The van der Waals surface area contributed by atoms with Crippen molar-refractivity contribution >= 4 is 28.3 Å². The van der Waals surface area contributed by atoms with Crippen LogP contribution in [0.25, 0.3) is 0 Å². The average molecular weight is 348 g/mol. The highest BCUT2D eigenvalue weighted by atomic mass is 32.1. The summed E-state index contributed by atoms with van der Waals surface area (Å²) in [4.78, 5) is 25.1. The fraction of sp³-hybridized carbons (Fsp3) is 0.471. The monoisotopic (exact) mass is 348 g/mol. The molecule has 0 amide bonds. The van der Waals surface area contributed by atoms with E-state index in [1.807, 2.05) is 0 Å². The van der Waals surface area contributed by atoms with Crippen LogP contribution >= 0.6 is 11.3 Å². The van der Waals surface area contributed by atoms with Crippen LogP contribution in [0.1, 0.15) is 47.5 Å². The molecule has 1 heterocycles. The number of thiophene rings is 1. The molecule has 0 radical (unpaired) electrons. The van der Waals surface area contributed by atoms with Gasteiger partial charge in [-0.05, 0) is 45.1 Å². The molecular weight excluding hydrogens is 328 g/mol. The molecule has 1 aliphatic rings. The Bertz CT molecular complexity index is 700. The van der Waals surface area contributed by atoms with E-state index in [1.165, 1.54) is 17.5 Å². The molecule has 0 fully saturated rings. The van der Waals surface area contributed by atoms with Gasteiger partial charge in [0.2, 0.25) is 0 Å². The molecule has 0 aliphatic heterocycles. The Hall–Kier alpha value is -2.33. The van der Waals surface area contributed by atoms with Crippen molar-refractivity contribution in [3.8, 4) is 6.07 Å². The van der Waals surface area contributed by atoms with E-state index in [2.05, 4.69) is 5.32 Å². The molecular formula is C17H20N2O4S. The lowest BCUT2D eigenvalue weighted by molar-refractivity contribution is -0.138. The summed E-state index contributed by atoms with van der Waals surface area (Å²) in [6.45, 7) is 3.93. The van der Waals surface area contributed by atoms with Crippen molar-refractivity contribution in [3.05, 3.63) is 27.8 Å². The average Bonchev–Trinajstić information content (AvgIpc) is 2.94. The van der Waals surface area contributed by atoms with Gasteiger partial charge in [0.1, 0.15) is 11.1 Å². The van der Waals surface area contributed by atoms with E-state index in [-0.39, 0.29) is 18.1 Å². The fourth-order valence-corrected chi connectivity index (χ4v) is 3.82. The number of esters is 2. The van der Waals surface area contributed by atoms with E-state index >= 15 is 0 Å². The van der Waals surface area contributed by atoms with E-state index in [4.69, 9.17) is 14.7 Å². The van der Waals surface area contributed by atoms with Gasteiger partial charge in [-0.3, -0.25) is 0 Å². The molecule has 24 heavy (non-hydrogen) atoms. The molecule has 1 N–H and O–H groups in total. The topological polar surface area (TPSA) is 88.4 Å². The Morgan fingerprint density at radius 2 is 1.96 bits per heavy atom. The second-order valence-corrected chi connectivity index (χ2v) is 6.28. The van der Waals surface area contributed by atoms with Gasteiger partial charge in [-0.25, -0.2) is 9.59 Å². The van der Waals surface area contributed by atoms with Gasteiger partial charge in [0.05, 0.1) is 18.8 Å². The normalized spacial score (nSPS) is 13.6. The highest BCUT2D eigenvalue weighted by Gasteiger charge is 2.26. The lowest BCUT2D eigenvalue weighted by atomic mass is 9.95. The summed E-state index contributed by atoms with van der Waals surface area (Å²) < 4.78 is 9.99. The molecule has 1 aliphatic carbocycles. The third kappa shape index (κ3) is 3.95. The minimum atomic E-state index is -0.688. The summed E-state index contributed by atoms with van der Waals surface area (Å²) in [6.07, 6.45) is 5.20. The Kier molecular flexibility index (Phi) is 6.38. The van der Waals surface area contributed by atoms with E-state index in [0.29, 0.717) is 17.2 Å². The molecule has 0 atom stereocenters. The number of nitrogens with zero attached hydrogens (tertiary/aromatic N) is 1. The first-order chi connectivity index (χ1) is 11.6. The van der Waals surface area contributed by atoms with E-state index in [1.54, 1.807) is 19.9 Å². The third-order valence-electron chi connectivity index (χ3n) is 3.61. The lowest BCUT2D eigenvalue weighted by Crippen LogP contribution is -2.11. The molecule has 6 nitrogen and oxygen atoms in total. The minimum absolute atomic E-state index is 0.141. The Balaban J connectivity index is 2.32. The molecule has 0 saturated heterocycles. The number of hydrogen-bond acceptors (Lipinski definition) is 7. The zero-order chi connectivity index (χ0) is 17.5. The van der Waals surface area contributed by atoms with Gasteiger partial charge in [0.15, 0.2) is 5.57 Å². The Morgan fingerprint density at radius 1 is 1.25 bits per heavy atom. The standard InChI is InChI=1S/C17H20N2O4S/c1-3-22-16(20)11(9-18)10-19-15-14(17(21)23-4-2)12-7-5-6-8-13(12)24-15/h10,19H,3-8H2,1-2H3. The zero-order valence-corrected chi connectivity index (χ0v) is 14.6. The number of hydrogen-bond donors (Lipinski definition) is 1. The van der Waals surface area contributed by atoms with Crippen molar-refractivity contribution < 1.29 is 19.1 Å². The number of anilines is 1. The summed E-state index contributed by atoms with van der Waals surface area (Å²) in [5.74, 6) is -1.06. The maximum absolute atomic E-state index is 12.3. The molecule has 2 rings (SSSR count). The van der Waals surface area contributed by atoms with Crippen molar-refractivity contribution in [2.75, 3.05) is 18.5 Å². The summed E-state index contributed by atoms with van der Waals surface area (Å²) >= 11 is 1.48. The quantitative estimate of drug-likeness (QED) is 0.482. The third-order valence-corrected chi connectivity index (χ3v) is 4.84. The van der Waals surface area contributed by atoms with Crippen molar-refractivity contribution in [3.63, 3.8) is 0 Å². The molecule has 7 heteroatoms. The number of aryl methyl sites for hydroxylation is 1. The number of rotatable bonds is 6. The minimum Gasteiger partial charge on any atom is -0.462 e. The maximum Gasteiger partial charge on any atom is 0.350 e. The summed E-state index contributed by atoms with van der Waals surface area (Å²) in [6, 6.07) is 1.80. The van der Waals surface area contributed by atoms with Crippen LogP contribution < -0.4 is 5.32 Å². The van der Waals surface area contributed by atoms with Crippen LogP contribution in [0.4, 0.5) is 5.00 Å². The molecule has 0 saturated carbocycles. The van der Waals surface area contributed by atoms with E-state index in [0.717, 1.165) is 36.1 Å². The maximum atomic E-state index is 12.3. The number of nitriles is 1. The van der Waals surface area contributed by atoms with Crippen LogP contribution in [0, 0.1) is 11.3 Å². The van der Waals surface area contributed by atoms with Crippen LogP contribution in [0.15, 0.2) is 11.8 Å². The Labute approximate surface area is 145 Å². The van der Waals surface area contributed by atoms with Gasteiger partial charge in [-0.2, -0.15) is 5.26 Å². The predicted octanol–water partition coefficient (Wildman–Crippen LogP) is 3.19. The number of carbonyl (C=O) groups excluding carboxylic acids is 2. The van der Waals surface area contributed by atoms with Gasteiger partial charge >= 0.3 is 11.9 Å². The van der Waals surface area contributed by atoms with E-state index < -0.39 is 5.97 Å². The van der Waals surface area contributed by atoms with Gasteiger partial charge in [-0.15, -0.1) is 11.3 Å². The van der Waals surface area contributed by atoms with Crippen LogP contribution in [0.3, 0.4) is 0 Å². The number of nitrogens with one attached hydrogen (secondary N) is 1. The first-order valence-corrected chi connectivity index (χ1v) is 8.79. The van der Waals surface area contributed by atoms with Crippen LogP contribution in [0.2, 0.25) is 0 Å². The zero-order valence-electron chi connectivity index (χ0n) is 13.8. The summed E-state index contributed by atoms with van der Waals surface area (Å²) in [5, 5.41) is 12.6. The highest BCUT2D eigenvalue weighted by Crippen LogP contribution is 2.38. The summed E-state index contributed by atoms with van der Waals surface area (Å²) in [7, 11) is 0. The van der Waals surface area contributed by atoms with Crippen molar-refractivity contribution in [2.45, 2.75) is 39.5 Å². The molecule has 0 spiro atoms. The Morgan fingerprint density at radius 3 is 2.62 bits per heavy atom. The molecule has 1 aromatic rings. The number of carbonyl (C=O) groups is 2. The van der Waals surface area contributed by atoms with Crippen LogP contribution in [-0.2, 0) is 27.1 Å². The first kappa shape index (κ1) is 18.0. The molecule has 0 unspecified atom stereocenters. The van der Waals surface area contributed by atoms with Gasteiger partial charge < -0.3 is 14.8 Å². The molecule has 0 aromatic carbocycles. The van der Waals surface area contributed by atoms with Crippen LogP contribution in [-0.4, -0.2) is 25.2 Å². The predicted molar refractivity (Wildman–Crippen MR) is 90.9 cm³/mol. The van der Waals surface area contributed by atoms with Gasteiger partial charge in [-0.1, -0.05) is 0 Å². The first-order valence-electron chi connectivity index (χ1n) is 7.97. The molecule has 1 aromatic heterocycles. The second kappa shape index (κ2) is 8.50. The van der Waals surface area contributed by atoms with Crippen LogP contribution in [0.5, 0.6) is 0 Å². The fourth-order valence-electron chi connectivity index (χ4n) is 2.57. The van der Waals surface area contributed by atoms with Crippen molar-refractivity contribution in [1.29, 1.82) is 5.26 Å². The molecule has 128 valence electrons. The van der Waals surface area contributed by atoms with Crippen molar-refractivity contribution in [2.24, 2.45) is 0 Å². The number of ether oxygens (including phenoxy) is 2. The largest absolute Gasteiger partial charge is 0.462 e. The SMILES string of the molecule is CCOC(=O)C(C#N)=CNc1sc2c(c1C(=O)OCC)CCCC2.